The van der Waals surface area contributed by atoms with E-state index in [2.05, 4.69) is 37.7 Å². The summed E-state index contributed by atoms with van der Waals surface area (Å²) in [4.78, 5) is 23.6. The minimum absolute atomic E-state index is 0.0845. The number of carboxylic acids is 1. The number of carboxylic acid groups (broad SMARTS) is 1. The van der Waals surface area contributed by atoms with Gasteiger partial charge in [0.2, 0.25) is 5.95 Å². The minimum atomic E-state index is -0.885. The number of aliphatic carboxylic acids is 1. The number of carbonyl (C=O) groups is 1. The van der Waals surface area contributed by atoms with Gasteiger partial charge in [-0.3, -0.25) is 4.79 Å². The number of hydrogen-bond donors (Lipinski definition) is 4. The van der Waals surface area contributed by atoms with Crippen LogP contribution in [0.3, 0.4) is 0 Å². The monoisotopic (exact) mass is 392 g/mol. The number of benzene rings is 2. The molecule has 0 aliphatic heterocycles. The first-order valence-electron chi connectivity index (χ1n) is 9.41. The van der Waals surface area contributed by atoms with Crippen LogP contribution in [0.4, 0.5) is 11.6 Å². The first kappa shape index (κ1) is 20.4. The van der Waals surface area contributed by atoms with Gasteiger partial charge in [0.05, 0.1) is 6.54 Å². The van der Waals surface area contributed by atoms with E-state index in [0.717, 1.165) is 29.7 Å². The van der Waals surface area contributed by atoms with E-state index < -0.39 is 5.97 Å². The van der Waals surface area contributed by atoms with Gasteiger partial charge in [-0.15, -0.1) is 0 Å². The quantitative estimate of drug-likeness (QED) is 0.414. The Bertz CT molecular complexity index is 963. The van der Waals surface area contributed by atoms with Crippen molar-refractivity contribution in [1.29, 1.82) is 0 Å². The lowest BCUT2D eigenvalue weighted by atomic mass is 10.1. The van der Waals surface area contributed by atoms with Crippen molar-refractivity contribution < 1.29 is 9.90 Å². The molecule has 8 nitrogen and oxygen atoms in total. The second-order valence-corrected chi connectivity index (χ2v) is 6.55. The number of nitrogens with two attached hydrogens (primary N) is 1. The Morgan fingerprint density at radius 3 is 2.72 bits per heavy atom. The third kappa shape index (κ3) is 6.34. The molecule has 0 amide bonds. The normalized spacial score (nSPS) is 10.7. The molecule has 8 heteroatoms. The topological polar surface area (TPSA) is 126 Å². The molecule has 0 saturated carbocycles. The van der Waals surface area contributed by atoms with Crippen LogP contribution in [0.5, 0.6) is 0 Å². The first-order valence-corrected chi connectivity index (χ1v) is 9.41. The van der Waals surface area contributed by atoms with Crippen molar-refractivity contribution in [2.24, 2.45) is 5.73 Å². The fourth-order valence-corrected chi connectivity index (χ4v) is 2.87. The molecule has 0 saturated heterocycles. The number of nitrogens with zero attached hydrogens (tertiary/aromatic N) is 3. The lowest BCUT2D eigenvalue weighted by molar-refractivity contribution is -0.135. The number of anilines is 2. The second kappa shape index (κ2) is 10.3. The summed E-state index contributed by atoms with van der Waals surface area (Å²) in [5.74, 6) is 0.151. The van der Waals surface area contributed by atoms with Gasteiger partial charge in [-0.2, -0.15) is 4.98 Å². The molecule has 3 rings (SSSR count). The molecule has 2 aromatic carbocycles. The van der Waals surface area contributed by atoms with Gasteiger partial charge in [0.15, 0.2) is 5.82 Å². The summed E-state index contributed by atoms with van der Waals surface area (Å²) in [6.45, 7) is 1.04. The Balaban J connectivity index is 1.71. The predicted octanol–water partition coefficient (Wildman–Crippen LogP) is 2.35. The SMILES string of the molecule is NCCCc1cccc(-c2ncnc(Nc3cccc(CNCC(=O)O)c3)n2)c1. The zero-order chi connectivity index (χ0) is 20.5. The summed E-state index contributed by atoms with van der Waals surface area (Å²) in [7, 11) is 0. The lowest BCUT2D eigenvalue weighted by Gasteiger charge is -2.09. The Morgan fingerprint density at radius 1 is 1.07 bits per heavy atom. The van der Waals surface area contributed by atoms with Crippen molar-refractivity contribution in [1.82, 2.24) is 20.3 Å². The second-order valence-electron chi connectivity index (χ2n) is 6.55. The lowest BCUT2D eigenvalue weighted by Crippen LogP contribution is -2.21. The molecule has 0 aliphatic rings. The van der Waals surface area contributed by atoms with Crippen LogP contribution < -0.4 is 16.4 Å². The number of aryl methyl sites for hydroxylation is 1. The highest BCUT2D eigenvalue weighted by molar-refractivity contribution is 5.69. The molecular formula is C21H24N6O2. The van der Waals surface area contributed by atoms with Gasteiger partial charge in [0, 0.05) is 17.8 Å². The molecular weight excluding hydrogens is 368 g/mol. The van der Waals surface area contributed by atoms with Crippen molar-refractivity contribution in [3.05, 3.63) is 66.0 Å². The van der Waals surface area contributed by atoms with E-state index in [9.17, 15) is 4.79 Å². The van der Waals surface area contributed by atoms with Crippen molar-refractivity contribution in [2.45, 2.75) is 19.4 Å². The van der Waals surface area contributed by atoms with E-state index in [0.29, 0.717) is 24.9 Å². The molecule has 0 spiro atoms. The van der Waals surface area contributed by atoms with Crippen LogP contribution in [0.25, 0.3) is 11.4 Å². The largest absolute Gasteiger partial charge is 0.480 e. The average Bonchev–Trinajstić information content (AvgIpc) is 2.73. The zero-order valence-corrected chi connectivity index (χ0v) is 16.0. The van der Waals surface area contributed by atoms with Gasteiger partial charge in [0.25, 0.3) is 0 Å². The van der Waals surface area contributed by atoms with Crippen LogP contribution in [0.2, 0.25) is 0 Å². The summed E-state index contributed by atoms with van der Waals surface area (Å²) in [5, 5.41) is 14.8. The maximum absolute atomic E-state index is 10.6. The van der Waals surface area contributed by atoms with Gasteiger partial charge in [-0.05, 0) is 48.7 Å². The van der Waals surface area contributed by atoms with E-state index in [4.69, 9.17) is 10.8 Å². The van der Waals surface area contributed by atoms with Gasteiger partial charge in [-0.1, -0.05) is 30.3 Å². The van der Waals surface area contributed by atoms with Crippen molar-refractivity contribution in [3.63, 3.8) is 0 Å². The first-order chi connectivity index (χ1) is 14.1. The minimum Gasteiger partial charge on any atom is -0.480 e. The van der Waals surface area contributed by atoms with Gasteiger partial charge < -0.3 is 21.5 Å². The van der Waals surface area contributed by atoms with E-state index in [1.54, 1.807) is 0 Å². The van der Waals surface area contributed by atoms with E-state index >= 15 is 0 Å². The molecule has 0 unspecified atom stereocenters. The molecule has 3 aromatic rings. The average molecular weight is 392 g/mol. The van der Waals surface area contributed by atoms with Crippen molar-refractivity contribution in [2.75, 3.05) is 18.4 Å². The Kier molecular flexibility index (Phi) is 7.21. The zero-order valence-electron chi connectivity index (χ0n) is 16.0. The van der Waals surface area contributed by atoms with Crippen LogP contribution in [0, 0.1) is 0 Å². The van der Waals surface area contributed by atoms with Crippen LogP contribution in [-0.2, 0) is 17.8 Å². The Hall–Kier alpha value is -3.36. The summed E-state index contributed by atoms with van der Waals surface area (Å²) in [6, 6.07) is 15.7. The molecule has 0 aliphatic carbocycles. The highest BCUT2D eigenvalue weighted by Crippen LogP contribution is 2.20. The van der Waals surface area contributed by atoms with Gasteiger partial charge >= 0.3 is 5.97 Å². The van der Waals surface area contributed by atoms with Gasteiger partial charge in [0.1, 0.15) is 6.33 Å². The van der Waals surface area contributed by atoms with E-state index in [1.165, 1.54) is 11.9 Å². The molecule has 0 bridgehead atoms. The molecule has 29 heavy (non-hydrogen) atoms. The van der Waals surface area contributed by atoms with Crippen molar-refractivity contribution >= 4 is 17.6 Å². The molecule has 1 aromatic heterocycles. The number of rotatable bonds is 10. The molecule has 150 valence electrons. The summed E-state index contributed by atoms with van der Waals surface area (Å²) < 4.78 is 0. The molecule has 1 heterocycles. The third-order valence-electron chi connectivity index (χ3n) is 4.22. The Labute approximate surface area is 169 Å². The molecule has 0 atom stereocenters. The summed E-state index contributed by atoms with van der Waals surface area (Å²) in [6.07, 6.45) is 3.34. The van der Waals surface area contributed by atoms with Crippen LogP contribution in [-0.4, -0.2) is 39.1 Å². The van der Waals surface area contributed by atoms with Crippen LogP contribution in [0.15, 0.2) is 54.9 Å². The molecule has 0 fully saturated rings. The van der Waals surface area contributed by atoms with Gasteiger partial charge in [-0.25, -0.2) is 9.97 Å². The van der Waals surface area contributed by atoms with Crippen LogP contribution >= 0.6 is 0 Å². The number of hydrogen-bond acceptors (Lipinski definition) is 7. The van der Waals surface area contributed by atoms with E-state index in [-0.39, 0.29) is 6.54 Å². The standard InChI is InChI=1S/C21H24N6O2/c22-9-3-6-15-4-1-7-17(10-15)20-24-14-25-21(27-20)26-18-8-2-5-16(11-18)12-23-13-19(28)29/h1-2,4-5,7-8,10-11,14,23H,3,6,9,12-13,22H2,(H,28,29)(H,24,25,26,27). The number of aromatic nitrogens is 3. The smallest absolute Gasteiger partial charge is 0.317 e. The fourth-order valence-electron chi connectivity index (χ4n) is 2.87. The maximum atomic E-state index is 10.6. The summed E-state index contributed by atoms with van der Waals surface area (Å²) >= 11 is 0. The maximum Gasteiger partial charge on any atom is 0.317 e. The molecule has 0 radical (unpaired) electrons. The Morgan fingerprint density at radius 2 is 1.90 bits per heavy atom. The van der Waals surface area contributed by atoms with Crippen molar-refractivity contribution in [3.8, 4) is 11.4 Å². The molecule has 5 N–H and O–H groups in total. The predicted molar refractivity (Wildman–Crippen MR) is 112 cm³/mol. The fraction of sp³-hybridized carbons (Fsp3) is 0.238. The summed E-state index contributed by atoms with van der Waals surface area (Å²) in [5.41, 5.74) is 9.49. The van der Waals surface area contributed by atoms with Crippen LogP contribution in [0.1, 0.15) is 17.5 Å². The third-order valence-corrected chi connectivity index (χ3v) is 4.22. The number of nitrogens with one attached hydrogen (secondary N) is 2. The highest BCUT2D eigenvalue weighted by atomic mass is 16.4. The highest BCUT2D eigenvalue weighted by Gasteiger charge is 2.06. The van der Waals surface area contributed by atoms with E-state index in [1.807, 2.05) is 36.4 Å².